The molecule has 188 valence electrons. The van der Waals surface area contributed by atoms with Crippen LogP contribution in [0.5, 0.6) is 0 Å². The fourth-order valence-electron chi connectivity index (χ4n) is 7.23. The van der Waals surface area contributed by atoms with E-state index < -0.39 is 78.4 Å². The number of allylic oxidation sites excluding steroid dienone is 4. The second-order valence-corrected chi connectivity index (χ2v) is 11.8. The maximum Gasteiger partial charge on any atom is 1.00 e. The minimum absolute atomic E-state index is 0. The number of aliphatic hydroxyl groups is 2. The molecule has 0 amide bonds. The van der Waals surface area contributed by atoms with Crippen LogP contribution >= 0.6 is 7.82 Å². The van der Waals surface area contributed by atoms with Crippen molar-refractivity contribution < 1.29 is 107 Å². The van der Waals surface area contributed by atoms with Crippen molar-refractivity contribution in [1.82, 2.24) is 0 Å². The molecular formula is C23H28FNa2O9P. The first-order chi connectivity index (χ1) is 15.5. The molecule has 0 aromatic heterocycles. The predicted octanol–water partition coefficient (Wildman–Crippen LogP) is -5.67. The Hall–Kier alpha value is 0.450. The van der Waals surface area contributed by atoms with E-state index in [4.69, 9.17) is 0 Å². The van der Waals surface area contributed by atoms with E-state index in [1.165, 1.54) is 32.1 Å². The molecule has 0 bridgehead atoms. The zero-order chi connectivity index (χ0) is 25.5. The number of rotatable bonds is 4. The van der Waals surface area contributed by atoms with Crippen molar-refractivity contribution in [3.05, 3.63) is 23.8 Å². The van der Waals surface area contributed by atoms with Gasteiger partial charge in [-0.2, -0.15) is 0 Å². The van der Waals surface area contributed by atoms with Crippen molar-refractivity contribution in [2.45, 2.75) is 63.8 Å². The summed E-state index contributed by atoms with van der Waals surface area (Å²) >= 11 is 0. The molecule has 3 fully saturated rings. The van der Waals surface area contributed by atoms with Gasteiger partial charge in [-0.3, -0.25) is 14.4 Å². The number of phosphoric acid groups is 1. The van der Waals surface area contributed by atoms with Crippen LogP contribution in [0.1, 0.15) is 46.5 Å². The van der Waals surface area contributed by atoms with Crippen LogP contribution in [0.4, 0.5) is 4.39 Å². The standard InChI is InChI=1S/C23H30FO9P.2Na/c1-12-8-16-15-5-4-13-9-14(25)6-7-20(13,2)22(15,24)17(26)10-21(16,3)23(29,19(12)28)18(27)11-33-34(30,31)32;;/h6-7,9,12,15-17,26,29H,4-5,8,10-11H2,1-3H3,(H2,30,31,32);;/q;2*+1/p-2/t12-,15-,16-,17-,20-,21-,22-,23-;;/m0../s1. The Kier molecular flexibility index (Phi) is 9.48. The topological polar surface area (TPSA) is 164 Å². The van der Waals surface area contributed by atoms with Crippen molar-refractivity contribution in [3.8, 4) is 0 Å². The molecule has 0 heterocycles. The monoisotopic (exact) mass is 544 g/mol. The number of fused-ring (bicyclic) bond motifs is 5. The first-order valence-corrected chi connectivity index (χ1v) is 12.8. The third kappa shape index (κ3) is 4.51. The fourth-order valence-corrected chi connectivity index (χ4v) is 7.51. The van der Waals surface area contributed by atoms with Crippen LogP contribution in [0.25, 0.3) is 0 Å². The Labute approximate surface area is 253 Å². The summed E-state index contributed by atoms with van der Waals surface area (Å²) in [7, 11) is -5.57. The van der Waals surface area contributed by atoms with Gasteiger partial charge in [0.05, 0.1) is 13.9 Å². The summed E-state index contributed by atoms with van der Waals surface area (Å²) in [6.45, 7) is 3.19. The zero-order valence-electron chi connectivity index (χ0n) is 21.2. The number of carbonyl (C=O) groups is 3. The Morgan fingerprint density at radius 3 is 2.44 bits per heavy atom. The molecule has 0 radical (unpaired) electrons. The van der Waals surface area contributed by atoms with Crippen molar-refractivity contribution in [2.24, 2.45) is 28.6 Å². The van der Waals surface area contributed by atoms with Crippen molar-refractivity contribution in [3.63, 3.8) is 0 Å². The maximum absolute atomic E-state index is 17.1. The van der Waals surface area contributed by atoms with E-state index in [1.54, 1.807) is 6.92 Å². The van der Waals surface area contributed by atoms with Crippen molar-refractivity contribution in [1.29, 1.82) is 0 Å². The second-order valence-electron chi connectivity index (χ2n) is 10.6. The fraction of sp³-hybridized carbons (Fsp3) is 0.696. The van der Waals surface area contributed by atoms with Gasteiger partial charge in [-0.1, -0.05) is 25.5 Å². The van der Waals surface area contributed by atoms with Crippen LogP contribution in [0.2, 0.25) is 0 Å². The van der Waals surface area contributed by atoms with Gasteiger partial charge in [0.1, 0.15) is 6.61 Å². The van der Waals surface area contributed by atoms with Crippen LogP contribution in [0.15, 0.2) is 23.8 Å². The van der Waals surface area contributed by atoms with Gasteiger partial charge in [0.25, 0.3) is 0 Å². The molecule has 4 aliphatic carbocycles. The van der Waals surface area contributed by atoms with Gasteiger partial charge in [-0.05, 0) is 50.7 Å². The molecule has 0 saturated heterocycles. The summed E-state index contributed by atoms with van der Waals surface area (Å²) in [5, 5.41) is 22.8. The molecule has 0 spiro atoms. The Bertz CT molecular complexity index is 1080. The van der Waals surface area contributed by atoms with Crippen LogP contribution in [0, 0.1) is 28.6 Å². The van der Waals surface area contributed by atoms with Crippen LogP contribution < -0.4 is 68.9 Å². The van der Waals surface area contributed by atoms with Crippen molar-refractivity contribution >= 4 is 25.2 Å². The second kappa shape index (κ2) is 10.5. The Morgan fingerprint density at radius 1 is 1.25 bits per heavy atom. The van der Waals surface area contributed by atoms with E-state index in [0.29, 0.717) is 12.0 Å². The summed E-state index contributed by atoms with van der Waals surface area (Å²) in [5.74, 6) is -4.94. The minimum Gasteiger partial charge on any atom is -0.790 e. The predicted molar refractivity (Wildman–Crippen MR) is 111 cm³/mol. The summed E-state index contributed by atoms with van der Waals surface area (Å²) in [6.07, 6.45) is 2.65. The van der Waals surface area contributed by atoms with E-state index >= 15 is 4.39 Å². The average Bonchev–Trinajstić information content (AvgIpc) is 2.74. The normalized spacial score (nSPS) is 43.7. The summed E-state index contributed by atoms with van der Waals surface area (Å²) < 4.78 is 32.1. The number of aliphatic hydroxyl groups excluding tert-OH is 1. The number of hydrogen-bond donors (Lipinski definition) is 2. The quantitative estimate of drug-likeness (QED) is 0.199. The number of phosphoric ester groups is 1. The van der Waals surface area contributed by atoms with Gasteiger partial charge in [0, 0.05) is 22.7 Å². The first-order valence-electron chi connectivity index (χ1n) is 11.3. The number of halogens is 1. The molecule has 2 N–H and O–H groups in total. The number of alkyl halides is 1. The van der Waals surface area contributed by atoms with Crippen LogP contribution in [-0.2, 0) is 23.5 Å². The number of ketones is 3. The van der Waals surface area contributed by atoms with E-state index in [0.717, 1.165) is 0 Å². The third-order valence-corrected chi connectivity index (χ3v) is 9.47. The first kappa shape index (κ1) is 32.7. The number of Topliss-reactive ketones (excluding diaryl/α,β-unsaturated/α-hetero) is 2. The van der Waals surface area contributed by atoms with Gasteiger partial charge >= 0.3 is 59.1 Å². The van der Waals surface area contributed by atoms with Crippen LogP contribution in [-0.4, -0.2) is 51.5 Å². The molecule has 0 unspecified atom stereocenters. The molecule has 3 saturated carbocycles. The molecule has 4 aliphatic rings. The van der Waals surface area contributed by atoms with Gasteiger partial charge < -0.3 is 29.1 Å². The van der Waals surface area contributed by atoms with E-state index in [-0.39, 0.29) is 77.7 Å². The van der Waals surface area contributed by atoms with E-state index in [1.807, 2.05) is 0 Å². The summed E-state index contributed by atoms with van der Waals surface area (Å²) in [5.41, 5.74) is -7.39. The molecule has 9 nitrogen and oxygen atoms in total. The molecule has 13 heteroatoms. The minimum atomic E-state index is -5.57. The number of hydrogen-bond acceptors (Lipinski definition) is 9. The maximum atomic E-state index is 17.1. The molecule has 0 aromatic carbocycles. The van der Waals surface area contributed by atoms with Gasteiger partial charge in [-0.15, -0.1) is 0 Å². The largest absolute Gasteiger partial charge is 1.00 e. The van der Waals surface area contributed by atoms with E-state index in [9.17, 15) is 38.9 Å². The third-order valence-electron chi connectivity index (χ3n) is 9.03. The van der Waals surface area contributed by atoms with Crippen LogP contribution in [0.3, 0.4) is 0 Å². The molecule has 4 rings (SSSR count). The molecule has 8 atom stereocenters. The van der Waals surface area contributed by atoms with Crippen molar-refractivity contribution in [2.75, 3.05) is 6.61 Å². The summed E-state index contributed by atoms with van der Waals surface area (Å²) in [6, 6.07) is 0. The molecular weight excluding hydrogens is 516 g/mol. The smallest absolute Gasteiger partial charge is 0.790 e. The van der Waals surface area contributed by atoms with Gasteiger partial charge in [0.15, 0.2) is 28.6 Å². The van der Waals surface area contributed by atoms with Gasteiger partial charge in [-0.25, -0.2) is 4.39 Å². The zero-order valence-corrected chi connectivity index (χ0v) is 26.0. The van der Waals surface area contributed by atoms with E-state index in [2.05, 4.69) is 4.52 Å². The molecule has 0 aliphatic heterocycles. The number of carbonyl (C=O) groups excluding carboxylic acids is 3. The molecule has 0 aromatic rings. The average molecular weight is 544 g/mol. The SMILES string of the molecule is C[C@H]1C[C@H]2[C@@H]3CCC4=CC(=O)C=C[C@]4(C)[C@@]3(F)[C@@H](O)C[C@]2(C)[C@](O)(C(=O)COP(=O)([O-])[O-])C1=O.[Na+].[Na+]. The summed E-state index contributed by atoms with van der Waals surface area (Å²) in [4.78, 5) is 59.9. The Morgan fingerprint density at radius 2 is 1.86 bits per heavy atom. The Balaban J connectivity index is 0.00000228. The van der Waals surface area contributed by atoms with Gasteiger partial charge in [0.2, 0.25) is 0 Å². The molecule has 36 heavy (non-hydrogen) atoms.